The highest BCUT2D eigenvalue weighted by Crippen LogP contribution is 2.30. The Bertz CT molecular complexity index is 350. The van der Waals surface area contributed by atoms with Crippen molar-refractivity contribution in [1.82, 2.24) is 10.6 Å². The van der Waals surface area contributed by atoms with E-state index in [1.807, 2.05) is 6.26 Å². The minimum atomic E-state index is -0.969. The van der Waals surface area contributed by atoms with Crippen LogP contribution < -0.4 is 10.6 Å². The Labute approximate surface area is 131 Å². The largest absolute Gasteiger partial charge is 0.480 e. The van der Waals surface area contributed by atoms with Gasteiger partial charge in [-0.25, -0.2) is 9.59 Å². The van der Waals surface area contributed by atoms with Crippen molar-refractivity contribution in [2.45, 2.75) is 58.0 Å². The van der Waals surface area contributed by atoms with Gasteiger partial charge in [0.05, 0.1) is 0 Å². The second kappa shape index (κ2) is 9.18. The number of rotatable bonds is 7. The number of hydrogen-bond donors (Lipinski definition) is 3. The van der Waals surface area contributed by atoms with Crippen molar-refractivity contribution in [3.63, 3.8) is 0 Å². The summed E-state index contributed by atoms with van der Waals surface area (Å²) in [7, 11) is 0. The first-order valence-electron chi connectivity index (χ1n) is 7.74. The monoisotopic (exact) mass is 316 g/mol. The topological polar surface area (TPSA) is 78.4 Å². The third kappa shape index (κ3) is 6.16. The van der Waals surface area contributed by atoms with Gasteiger partial charge in [0.1, 0.15) is 6.04 Å². The number of carboxylic acid groups (broad SMARTS) is 1. The second-order valence-electron chi connectivity index (χ2n) is 6.09. The van der Waals surface area contributed by atoms with Crippen molar-refractivity contribution in [2.24, 2.45) is 11.8 Å². The number of hydrogen-bond acceptors (Lipinski definition) is 3. The smallest absolute Gasteiger partial charge is 0.326 e. The van der Waals surface area contributed by atoms with E-state index in [-0.39, 0.29) is 12.1 Å². The van der Waals surface area contributed by atoms with Crippen LogP contribution in [0.5, 0.6) is 0 Å². The van der Waals surface area contributed by atoms with Crippen LogP contribution in [0, 0.1) is 11.8 Å². The highest BCUT2D eigenvalue weighted by Gasteiger charge is 2.29. The molecule has 0 aromatic heterocycles. The highest BCUT2D eigenvalue weighted by molar-refractivity contribution is 7.98. The summed E-state index contributed by atoms with van der Waals surface area (Å²) in [5.41, 5.74) is 0. The van der Waals surface area contributed by atoms with E-state index >= 15 is 0 Å². The molecule has 1 rings (SSSR count). The summed E-state index contributed by atoms with van der Waals surface area (Å²) in [4.78, 5) is 23.2. The van der Waals surface area contributed by atoms with Crippen LogP contribution in [0.1, 0.15) is 46.0 Å². The molecular weight excluding hydrogens is 288 g/mol. The van der Waals surface area contributed by atoms with Crippen LogP contribution in [0.25, 0.3) is 0 Å². The van der Waals surface area contributed by atoms with Crippen LogP contribution in [0.15, 0.2) is 0 Å². The normalized spacial score (nSPS) is 23.6. The fourth-order valence-corrected chi connectivity index (χ4v) is 3.47. The molecule has 0 heterocycles. The summed E-state index contributed by atoms with van der Waals surface area (Å²) >= 11 is 1.58. The van der Waals surface area contributed by atoms with E-state index in [4.69, 9.17) is 5.11 Å². The lowest BCUT2D eigenvalue weighted by molar-refractivity contribution is -0.139. The van der Waals surface area contributed by atoms with E-state index in [0.717, 1.165) is 25.0 Å². The maximum Gasteiger partial charge on any atom is 0.326 e. The molecule has 6 heteroatoms. The molecule has 1 aliphatic rings. The number of carbonyl (C=O) groups is 2. The lowest BCUT2D eigenvalue weighted by Crippen LogP contribution is -2.52. The first kappa shape index (κ1) is 18.1. The molecule has 21 heavy (non-hydrogen) atoms. The van der Waals surface area contributed by atoms with Crippen molar-refractivity contribution in [3.05, 3.63) is 0 Å². The minimum absolute atomic E-state index is 0.161. The molecule has 0 radical (unpaired) electrons. The van der Waals surface area contributed by atoms with Crippen molar-refractivity contribution in [1.29, 1.82) is 0 Å². The number of carboxylic acids is 1. The Hall–Kier alpha value is -0.910. The third-order valence-corrected chi connectivity index (χ3v) is 4.85. The third-order valence-electron chi connectivity index (χ3n) is 4.21. The summed E-state index contributed by atoms with van der Waals surface area (Å²) in [6, 6.07) is -0.992. The average Bonchev–Trinajstić information content (AvgIpc) is 2.43. The molecule has 1 aliphatic carbocycles. The molecule has 2 amide bonds. The van der Waals surface area contributed by atoms with E-state index in [9.17, 15) is 9.59 Å². The van der Waals surface area contributed by atoms with E-state index in [2.05, 4.69) is 24.5 Å². The Morgan fingerprint density at radius 2 is 1.95 bits per heavy atom. The quantitative estimate of drug-likeness (QED) is 0.675. The van der Waals surface area contributed by atoms with Gasteiger partial charge in [-0.05, 0) is 43.1 Å². The maximum absolute atomic E-state index is 12.1. The fourth-order valence-electron chi connectivity index (χ4n) is 3.00. The van der Waals surface area contributed by atoms with Crippen LogP contribution in [0.3, 0.4) is 0 Å². The highest BCUT2D eigenvalue weighted by atomic mass is 32.2. The molecule has 122 valence electrons. The molecule has 1 fully saturated rings. The molecular formula is C15H28N2O3S. The van der Waals surface area contributed by atoms with Gasteiger partial charge < -0.3 is 15.7 Å². The standard InChI is InChI=1S/C15H28N2O3S/c1-10(2)11-6-4-5-7-12(11)16-15(20)17-13(14(18)19)8-9-21-3/h10-13H,4-9H2,1-3H3,(H,18,19)(H2,16,17,20). The van der Waals surface area contributed by atoms with Gasteiger partial charge in [0.2, 0.25) is 0 Å². The number of aliphatic carboxylic acids is 1. The fraction of sp³-hybridized carbons (Fsp3) is 0.867. The van der Waals surface area contributed by atoms with Crippen LogP contribution in [0.2, 0.25) is 0 Å². The summed E-state index contributed by atoms with van der Waals surface area (Å²) in [6.45, 7) is 4.36. The van der Waals surface area contributed by atoms with Crippen LogP contribution in [-0.2, 0) is 4.79 Å². The summed E-state index contributed by atoms with van der Waals surface area (Å²) in [6.07, 6.45) is 6.84. The van der Waals surface area contributed by atoms with Gasteiger partial charge >= 0.3 is 12.0 Å². The lowest BCUT2D eigenvalue weighted by atomic mass is 9.78. The Balaban J connectivity index is 2.51. The van der Waals surface area contributed by atoms with Crippen molar-refractivity contribution < 1.29 is 14.7 Å². The van der Waals surface area contributed by atoms with Gasteiger partial charge in [0.25, 0.3) is 0 Å². The van der Waals surface area contributed by atoms with E-state index in [1.165, 1.54) is 6.42 Å². The molecule has 3 N–H and O–H groups in total. The number of urea groups is 1. The first-order valence-corrected chi connectivity index (χ1v) is 9.13. The summed E-state index contributed by atoms with van der Waals surface area (Å²) in [5.74, 6) is 0.763. The lowest BCUT2D eigenvalue weighted by Gasteiger charge is -2.35. The summed E-state index contributed by atoms with van der Waals surface area (Å²) < 4.78 is 0. The van der Waals surface area contributed by atoms with Gasteiger partial charge in [0, 0.05) is 6.04 Å². The van der Waals surface area contributed by atoms with Crippen LogP contribution in [0.4, 0.5) is 4.79 Å². The van der Waals surface area contributed by atoms with Gasteiger partial charge in [-0.2, -0.15) is 11.8 Å². The zero-order valence-corrected chi connectivity index (χ0v) is 14.0. The molecule has 0 aromatic rings. The molecule has 0 aromatic carbocycles. The Kier molecular flexibility index (Phi) is 7.93. The molecule has 0 bridgehead atoms. The van der Waals surface area contributed by atoms with Gasteiger partial charge in [-0.15, -0.1) is 0 Å². The number of amides is 2. The number of thioether (sulfide) groups is 1. The van der Waals surface area contributed by atoms with Gasteiger partial charge in [-0.3, -0.25) is 0 Å². The van der Waals surface area contributed by atoms with Crippen LogP contribution >= 0.6 is 11.8 Å². The molecule has 0 aliphatic heterocycles. The molecule has 3 atom stereocenters. The predicted octanol–water partition coefficient (Wildman–Crippen LogP) is 2.71. The number of carbonyl (C=O) groups excluding carboxylic acids is 1. The molecule has 5 nitrogen and oxygen atoms in total. The van der Waals surface area contributed by atoms with Crippen molar-refractivity contribution in [3.8, 4) is 0 Å². The Morgan fingerprint density at radius 3 is 2.52 bits per heavy atom. The van der Waals surface area contributed by atoms with Gasteiger partial charge in [-0.1, -0.05) is 26.7 Å². The zero-order chi connectivity index (χ0) is 15.8. The first-order chi connectivity index (χ1) is 9.95. The molecule has 0 spiro atoms. The Morgan fingerprint density at radius 1 is 1.29 bits per heavy atom. The average molecular weight is 316 g/mol. The second-order valence-corrected chi connectivity index (χ2v) is 7.07. The SMILES string of the molecule is CSCCC(NC(=O)NC1CCCCC1C(C)C)C(=O)O. The van der Waals surface area contributed by atoms with Crippen LogP contribution in [-0.4, -0.2) is 41.2 Å². The summed E-state index contributed by atoms with van der Waals surface area (Å²) in [5, 5.41) is 14.7. The molecule has 0 saturated heterocycles. The van der Waals surface area contributed by atoms with Crippen molar-refractivity contribution >= 4 is 23.8 Å². The van der Waals surface area contributed by atoms with Crippen molar-refractivity contribution in [2.75, 3.05) is 12.0 Å². The molecule has 1 saturated carbocycles. The van der Waals surface area contributed by atoms with E-state index < -0.39 is 12.0 Å². The van der Waals surface area contributed by atoms with Gasteiger partial charge in [0.15, 0.2) is 0 Å². The maximum atomic E-state index is 12.1. The molecule has 3 unspecified atom stereocenters. The minimum Gasteiger partial charge on any atom is -0.480 e. The number of nitrogens with one attached hydrogen (secondary N) is 2. The van der Waals surface area contributed by atoms with E-state index in [1.54, 1.807) is 11.8 Å². The predicted molar refractivity (Wildman–Crippen MR) is 86.7 cm³/mol. The van der Waals surface area contributed by atoms with E-state index in [0.29, 0.717) is 18.3 Å². The zero-order valence-electron chi connectivity index (χ0n) is 13.2.